The van der Waals surface area contributed by atoms with Crippen LogP contribution in [0.3, 0.4) is 0 Å². The molecular weight excluding hydrogens is 329 g/mol. The highest BCUT2D eigenvalue weighted by molar-refractivity contribution is 5.85. The van der Waals surface area contributed by atoms with Gasteiger partial charge >= 0.3 is 0 Å². The Kier molecular flexibility index (Phi) is 6.55. The van der Waals surface area contributed by atoms with Crippen molar-refractivity contribution in [3.05, 3.63) is 65.7 Å². The van der Waals surface area contributed by atoms with E-state index in [1.54, 1.807) is 7.11 Å². The summed E-state index contributed by atoms with van der Waals surface area (Å²) in [6, 6.07) is 7.72. The fourth-order valence-corrected chi connectivity index (χ4v) is 2.71. The molecule has 136 valence electrons. The minimum Gasteiger partial charge on any atom is -0.496 e. The van der Waals surface area contributed by atoms with Crippen LogP contribution in [0.15, 0.2) is 65.1 Å². The summed E-state index contributed by atoms with van der Waals surface area (Å²) in [5.74, 6) is 0.844. The standard InChI is InChI=1S/C21H24FN3O/c1-5-15(14(2)10-16(22)12-24-3)11-18-19(13-25-21(18)23)17-8-6-7-9-20(17)26-4/h6-13,25H,2,5,23H2,1,3-4H3/b15-11+,16-10+,24-12?. The summed E-state index contributed by atoms with van der Waals surface area (Å²) in [5.41, 5.74) is 10.3. The lowest BCUT2D eigenvalue weighted by atomic mass is 9.97. The number of nitrogens with two attached hydrogens (primary N) is 1. The molecule has 0 amide bonds. The number of methoxy groups -OCH3 is 1. The molecule has 1 heterocycles. The van der Waals surface area contributed by atoms with Crippen molar-refractivity contribution in [2.75, 3.05) is 19.9 Å². The number of hydrogen-bond donors (Lipinski definition) is 2. The SMILES string of the molecule is C=C(/C=C(/F)C=NC)/C(=C/c1c(-c2ccccc2OC)c[nH]c1N)CC. The van der Waals surface area contributed by atoms with Crippen LogP contribution in [0.1, 0.15) is 18.9 Å². The predicted octanol–water partition coefficient (Wildman–Crippen LogP) is 5.18. The van der Waals surface area contributed by atoms with Gasteiger partial charge in [-0.25, -0.2) is 4.39 Å². The van der Waals surface area contributed by atoms with Gasteiger partial charge in [0.15, 0.2) is 0 Å². The molecule has 5 heteroatoms. The molecule has 1 aromatic carbocycles. The Hall–Kier alpha value is -3.08. The van der Waals surface area contributed by atoms with Gasteiger partial charge < -0.3 is 15.5 Å². The number of ether oxygens (including phenoxy) is 1. The highest BCUT2D eigenvalue weighted by Crippen LogP contribution is 2.36. The third kappa shape index (κ3) is 4.30. The number of aliphatic imine (C=N–C) groups is 1. The van der Waals surface area contributed by atoms with Crippen LogP contribution in [-0.2, 0) is 0 Å². The molecule has 0 aliphatic rings. The summed E-state index contributed by atoms with van der Waals surface area (Å²) in [4.78, 5) is 6.72. The molecule has 0 radical (unpaired) electrons. The zero-order chi connectivity index (χ0) is 19.1. The molecule has 0 saturated heterocycles. The maximum absolute atomic E-state index is 13.7. The van der Waals surface area contributed by atoms with Crippen LogP contribution < -0.4 is 10.5 Å². The second-order valence-electron chi connectivity index (χ2n) is 5.69. The van der Waals surface area contributed by atoms with Crippen molar-refractivity contribution in [2.24, 2.45) is 4.99 Å². The fraction of sp³-hybridized carbons (Fsp3) is 0.190. The summed E-state index contributed by atoms with van der Waals surface area (Å²) >= 11 is 0. The number of aromatic amines is 1. The van der Waals surface area contributed by atoms with E-state index in [-0.39, 0.29) is 0 Å². The van der Waals surface area contributed by atoms with Crippen molar-refractivity contribution in [2.45, 2.75) is 13.3 Å². The molecule has 0 aliphatic heterocycles. The van der Waals surface area contributed by atoms with Gasteiger partial charge in [-0.1, -0.05) is 31.7 Å². The van der Waals surface area contributed by atoms with Crippen molar-refractivity contribution >= 4 is 18.1 Å². The van der Waals surface area contributed by atoms with E-state index in [4.69, 9.17) is 10.5 Å². The number of nitrogen functional groups attached to an aromatic ring is 1. The van der Waals surface area contributed by atoms with E-state index >= 15 is 0 Å². The number of hydrogen-bond acceptors (Lipinski definition) is 3. The van der Waals surface area contributed by atoms with Crippen molar-refractivity contribution in [1.82, 2.24) is 4.98 Å². The zero-order valence-electron chi connectivity index (χ0n) is 15.3. The van der Waals surface area contributed by atoms with Crippen LogP contribution in [0.25, 0.3) is 17.2 Å². The van der Waals surface area contributed by atoms with E-state index in [1.165, 1.54) is 13.1 Å². The molecule has 2 aromatic rings. The van der Waals surface area contributed by atoms with Gasteiger partial charge in [0.25, 0.3) is 0 Å². The second-order valence-corrected chi connectivity index (χ2v) is 5.69. The molecule has 0 unspecified atom stereocenters. The fourth-order valence-electron chi connectivity index (χ4n) is 2.71. The zero-order valence-corrected chi connectivity index (χ0v) is 15.3. The van der Waals surface area contributed by atoms with Crippen LogP contribution in [-0.4, -0.2) is 25.4 Å². The number of para-hydroxylation sites is 1. The highest BCUT2D eigenvalue weighted by atomic mass is 19.1. The molecule has 1 aromatic heterocycles. The molecule has 3 N–H and O–H groups in total. The lowest BCUT2D eigenvalue weighted by Gasteiger charge is -2.10. The summed E-state index contributed by atoms with van der Waals surface area (Å²) < 4.78 is 19.2. The predicted molar refractivity (Wildman–Crippen MR) is 108 cm³/mol. The number of halogens is 1. The van der Waals surface area contributed by atoms with Crippen LogP contribution in [0.4, 0.5) is 10.2 Å². The van der Waals surface area contributed by atoms with Gasteiger partial charge in [0, 0.05) is 29.9 Å². The maximum atomic E-state index is 13.7. The van der Waals surface area contributed by atoms with Gasteiger partial charge in [-0.3, -0.25) is 4.99 Å². The number of nitrogens with zero attached hydrogens (tertiary/aromatic N) is 1. The van der Waals surface area contributed by atoms with Crippen molar-refractivity contribution in [3.8, 4) is 16.9 Å². The Morgan fingerprint density at radius 1 is 1.35 bits per heavy atom. The summed E-state index contributed by atoms with van der Waals surface area (Å²) in [7, 11) is 3.15. The van der Waals surface area contributed by atoms with E-state index in [1.807, 2.05) is 43.5 Å². The molecule has 0 bridgehead atoms. The van der Waals surface area contributed by atoms with Crippen LogP contribution >= 0.6 is 0 Å². The highest BCUT2D eigenvalue weighted by Gasteiger charge is 2.14. The van der Waals surface area contributed by atoms with E-state index < -0.39 is 5.83 Å². The van der Waals surface area contributed by atoms with Gasteiger partial charge in [-0.05, 0) is 35.8 Å². The first-order valence-electron chi connectivity index (χ1n) is 8.31. The number of rotatable bonds is 7. The molecule has 0 atom stereocenters. The lowest BCUT2D eigenvalue weighted by molar-refractivity contribution is 0.416. The van der Waals surface area contributed by atoms with Crippen LogP contribution in [0.5, 0.6) is 5.75 Å². The van der Waals surface area contributed by atoms with Gasteiger partial charge in [0.05, 0.1) is 13.3 Å². The molecule has 4 nitrogen and oxygen atoms in total. The smallest absolute Gasteiger partial charge is 0.141 e. The minimum atomic E-state index is -0.441. The topological polar surface area (TPSA) is 63.4 Å². The van der Waals surface area contributed by atoms with E-state index in [9.17, 15) is 4.39 Å². The Morgan fingerprint density at radius 3 is 2.73 bits per heavy atom. The van der Waals surface area contributed by atoms with Crippen molar-refractivity contribution in [3.63, 3.8) is 0 Å². The average molecular weight is 353 g/mol. The molecule has 0 spiro atoms. The molecule has 0 aliphatic carbocycles. The first-order chi connectivity index (χ1) is 12.5. The molecule has 0 fully saturated rings. The summed E-state index contributed by atoms with van der Waals surface area (Å²) in [6.07, 6.45) is 6.98. The Bertz CT molecular complexity index is 875. The first-order valence-corrected chi connectivity index (χ1v) is 8.31. The maximum Gasteiger partial charge on any atom is 0.141 e. The van der Waals surface area contributed by atoms with Crippen molar-refractivity contribution < 1.29 is 9.13 Å². The Labute approximate surface area is 153 Å². The summed E-state index contributed by atoms with van der Waals surface area (Å²) in [6.45, 7) is 5.96. The Morgan fingerprint density at radius 2 is 2.08 bits per heavy atom. The third-order valence-corrected chi connectivity index (χ3v) is 4.03. The van der Waals surface area contributed by atoms with E-state index in [0.29, 0.717) is 17.8 Å². The van der Waals surface area contributed by atoms with Gasteiger partial charge in [-0.2, -0.15) is 0 Å². The van der Waals surface area contributed by atoms with Crippen molar-refractivity contribution in [1.29, 1.82) is 0 Å². The number of aromatic nitrogens is 1. The molecule has 26 heavy (non-hydrogen) atoms. The normalized spacial score (nSPS) is 12.6. The number of benzene rings is 1. The number of allylic oxidation sites excluding steroid dienone is 4. The quantitative estimate of drug-likeness (QED) is 0.532. The average Bonchev–Trinajstić information content (AvgIpc) is 2.99. The first kappa shape index (κ1) is 19.2. The number of nitrogens with one attached hydrogen (secondary N) is 1. The van der Waals surface area contributed by atoms with E-state index in [0.717, 1.165) is 34.2 Å². The largest absolute Gasteiger partial charge is 0.496 e. The summed E-state index contributed by atoms with van der Waals surface area (Å²) in [5, 5.41) is 0. The number of H-pyrrole nitrogens is 1. The van der Waals surface area contributed by atoms with Gasteiger partial charge in [0.1, 0.15) is 17.4 Å². The molecule has 2 rings (SSSR count). The molecular formula is C21H24FN3O. The lowest BCUT2D eigenvalue weighted by Crippen LogP contribution is -1.92. The Balaban J connectivity index is 2.51. The monoisotopic (exact) mass is 353 g/mol. The minimum absolute atomic E-state index is 0.441. The second kappa shape index (κ2) is 8.85. The van der Waals surface area contributed by atoms with Gasteiger partial charge in [-0.15, -0.1) is 0 Å². The third-order valence-electron chi connectivity index (χ3n) is 4.03. The van der Waals surface area contributed by atoms with Crippen LogP contribution in [0, 0.1) is 0 Å². The van der Waals surface area contributed by atoms with Crippen LogP contribution in [0.2, 0.25) is 0 Å². The van der Waals surface area contributed by atoms with E-state index in [2.05, 4.69) is 16.6 Å². The number of anilines is 1. The van der Waals surface area contributed by atoms with Gasteiger partial charge in [0.2, 0.25) is 0 Å². The molecule has 0 saturated carbocycles.